The van der Waals surface area contributed by atoms with Crippen LogP contribution in [0, 0.1) is 0 Å². The first-order chi connectivity index (χ1) is 22.7. The highest BCUT2D eigenvalue weighted by atomic mass is 16.8. The number of carboxylic acids is 1. The first kappa shape index (κ1) is 41.1. The average Bonchev–Trinajstić information content (AvgIpc) is 3.07. The number of ether oxygens (including phenoxy) is 6. The molecule has 0 aromatic carbocycles. The van der Waals surface area contributed by atoms with Crippen molar-refractivity contribution in [3.05, 3.63) is 0 Å². The number of carbonyl (C=O) groups is 1. The predicted molar refractivity (Wildman–Crippen MR) is 151 cm³/mol. The summed E-state index contributed by atoms with van der Waals surface area (Å²) in [5.41, 5.74) is 5.46. The largest absolute Gasteiger partial charge is 0.477 e. The van der Waals surface area contributed by atoms with Gasteiger partial charge in [-0.1, -0.05) is 0 Å². The lowest BCUT2D eigenvalue weighted by atomic mass is 9.91. The van der Waals surface area contributed by atoms with Crippen molar-refractivity contribution in [2.24, 2.45) is 5.73 Å². The highest BCUT2D eigenvalue weighted by Gasteiger charge is 2.58. The maximum Gasteiger partial charge on any atom is 0.364 e. The maximum absolute atomic E-state index is 12.3. The molecule has 0 aromatic heterocycles. The summed E-state index contributed by atoms with van der Waals surface area (Å²) in [5, 5.41) is 134. The Morgan fingerprint density at radius 2 is 1.23 bits per heavy atom. The number of rotatable bonds is 17. The fraction of sp³-hybridized carbons (Fsp3) is 0.963. The SMILES string of the molecule is NCCCCCO[C@]1(C(=O)O)CC(O)[C@@H](O[C@H]2OC([C@@H](O)CO)[C@@H](O)C(O[C@H]3OC([C@@H](O)CO)[C@@H](O)C(O)C3O)[C@H]2O)C([C@H](O)CO)O1. The lowest BCUT2D eigenvalue weighted by Crippen LogP contribution is -2.68. The smallest absolute Gasteiger partial charge is 0.364 e. The molecule has 3 aliphatic rings. The first-order valence-corrected chi connectivity index (χ1v) is 15.5. The van der Waals surface area contributed by atoms with Crippen molar-refractivity contribution in [2.75, 3.05) is 33.0 Å². The first-order valence-electron chi connectivity index (χ1n) is 15.5. The van der Waals surface area contributed by atoms with Crippen LogP contribution in [-0.2, 0) is 33.2 Å². The Morgan fingerprint density at radius 3 is 1.77 bits per heavy atom. The molecule has 17 atom stereocenters. The molecular formula is C27H49NO20. The molecule has 0 radical (unpaired) electrons. The van der Waals surface area contributed by atoms with Gasteiger partial charge in [-0.05, 0) is 25.8 Å². The zero-order chi connectivity index (χ0) is 35.9. The van der Waals surface area contributed by atoms with Crippen molar-refractivity contribution in [1.82, 2.24) is 0 Å². The Labute approximate surface area is 274 Å². The summed E-state index contributed by atoms with van der Waals surface area (Å²) in [6.07, 6.45) is -30.1. The van der Waals surface area contributed by atoms with Gasteiger partial charge in [-0.2, -0.15) is 0 Å². The van der Waals surface area contributed by atoms with Crippen LogP contribution in [0.4, 0.5) is 0 Å². The summed E-state index contributed by atoms with van der Waals surface area (Å²) in [6, 6.07) is 0. The van der Waals surface area contributed by atoms with Crippen molar-refractivity contribution < 1.29 is 99.6 Å². The summed E-state index contributed by atoms with van der Waals surface area (Å²) in [4.78, 5) is 12.3. The van der Waals surface area contributed by atoms with E-state index in [1.54, 1.807) is 0 Å². The Bertz CT molecular complexity index is 984. The summed E-state index contributed by atoms with van der Waals surface area (Å²) in [7, 11) is 0. The van der Waals surface area contributed by atoms with Crippen molar-refractivity contribution in [3.63, 3.8) is 0 Å². The number of nitrogens with two attached hydrogens (primary N) is 1. The Kier molecular flexibility index (Phi) is 15.7. The Hall–Kier alpha value is -1.29. The molecule has 3 aliphatic heterocycles. The molecule has 21 heteroatoms. The van der Waals surface area contributed by atoms with Gasteiger partial charge in [0.15, 0.2) is 12.6 Å². The van der Waals surface area contributed by atoms with E-state index in [1.165, 1.54) is 0 Å². The maximum atomic E-state index is 12.3. The minimum Gasteiger partial charge on any atom is -0.477 e. The molecule has 15 N–H and O–H groups in total. The number of carboxylic acid groups (broad SMARTS) is 1. The van der Waals surface area contributed by atoms with Gasteiger partial charge in [0.25, 0.3) is 5.79 Å². The monoisotopic (exact) mass is 707 g/mol. The van der Waals surface area contributed by atoms with E-state index in [9.17, 15) is 71.2 Å². The Balaban J connectivity index is 1.88. The molecule has 7 unspecified atom stereocenters. The molecule has 0 amide bonds. The van der Waals surface area contributed by atoms with Crippen LogP contribution in [0.15, 0.2) is 0 Å². The minimum absolute atomic E-state index is 0.147. The van der Waals surface area contributed by atoms with Crippen LogP contribution < -0.4 is 5.73 Å². The van der Waals surface area contributed by atoms with E-state index in [4.69, 9.17) is 34.2 Å². The second-order valence-electron chi connectivity index (χ2n) is 12.0. The zero-order valence-electron chi connectivity index (χ0n) is 25.9. The van der Waals surface area contributed by atoms with Gasteiger partial charge in [-0.15, -0.1) is 0 Å². The number of hydrogen-bond acceptors (Lipinski definition) is 20. The van der Waals surface area contributed by atoms with Crippen LogP contribution in [0.2, 0.25) is 0 Å². The van der Waals surface area contributed by atoms with Gasteiger partial charge in [0.1, 0.15) is 79.4 Å². The number of aliphatic hydroxyl groups excluding tert-OH is 12. The van der Waals surface area contributed by atoms with E-state index in [2.05, 4.69) is 0 Å². The molecule has 0 saturated carbocycles. The van der Waals surface area contributed by atoms with Gasteiger partial charge >= 0.3 is 5.97 Å². The van der Waals surface area contributed by atoms with Crippen LogP contribution in [0.5, 0.6) is 0 Å². The van der Waals surface area contributed by atoms with Crippen LogP contribution in [0.1, 0.15) is 25.7 Å². The molecule has 0 bridgehead atoms. The molecule has 3 rings (SSSR count). The molecule has 0 aromatic rings. The number of unbranched alkanes of at least 4 members (excludes halogenated alkanes) is 2. The normalized spacial score (nSPS) is 42.6. The standard InChI is InChI=1S/C27H49NO20/c28-4-2-1-3-5-43-27(26(41)42)6-10(32)21(22(48-27)13(35)9-31)46-25-18(40)23(17(39)20(45-25)12(34)8-30)47-24-16(38)14(36)15(37)19(44-24)11(33)7-29/h10-25,29-40H,1-9,28H2,(H,41,42)/t10?,11-,12-,13+,14?,15-,16?,17+,18+,19?,20?,21+,22?,23?,24+,25+,27+/m0/s1. The molecule has 3 heterocycles. The van der Waals surface area contributed by atoms with Crippen molar-refractivity contribution >= 4 is 5.97 Å². The van der Waals surface area contributed by atoms with Gasteiger partial charge < -0.3 is 101 Å². The van der Waals surface area contributed by atoms with E-state index in [0.29, 0.717) is 25.8 Å². The van der Waals surface area contributed by atoms with Gasteiger partial charge in [0, 0.05) is 6.42 Å². The molecule has 0 aliphatic carbocycles. The Morgan fingerprint density at radius 1 is 0.708 bits per heavy atom. The van der Waals surface area contributed by atoms with E-state index < -0.39 is 136 Å². The van der Waals surface area contributed by atoms with Crippen LogP contribution in [-0.4, -0.2) is 209 Å². The molecule has 282 valence electrons. The van der Waals surface area contributed by atoms with Gasteiger partial charge in [0.05, 0.1) is 32.5 Å². The van der Waals surface area contributed by atoms with E-state index in [-0.39, 0.29) is 6.61 Å². The van der Waals surface area contributed by atoms with Crippen LogP contribution in [0.25, 0.3) is 0 Å². The zero-order valence-corrected chi connectivity index (χ0v) is 25.9. The van der Waals surface area contributed by atoms with Crippen molar-refractivity contribution in [1.29, 1.82) is 0 Å². The second-order valence-corrected chi connectivity index (χ2v) is 12.0. The van der Waals surface area contributed by atoms with Crippen molar-refractivity contribution in [3.8, 4) is 0 Å². The third-order valence-corrected chi connectivity index (χ3v) is 8.48. The molecule has 48 heavy (non-hydrogen) atoms. The van der Waals surface area contributed by atoms with Gasteiger partial charge in [-0.25, -0.2) is 4.79 Å². The lowest BCUT2D eigenvalue weighted by molar-refractivity contribution is -0.388. The summed E-state index contributed by atoms with van der Waals surface area (Å²) >= 11 is 0. The molecule has 0 spiro atoms. The summed E-state index contributed by atoms with van der Waals surface area (Å²) < 4.78 is 33.2. The van der Waals surface area contributed by atoms with E-state index >= 15 is 0 Å². The van der Waals surface area contributed by atoms with Crippen molar-refractivity contribution in [2.45, 2.75) is 130 Å². The quantitative estimate of drug-likeness (QED) is 0.0624. The summed E-state index contributed by atoms with van der Waals surface area (Å²) in [5.74, 6) is -4.18. The van der Waals surface area contributed by atoms with E-state index in [1.807, 2.05) is 0 Å². The fourth-order valence-electron chi connectivity index (χ4n) is 5.74. The van der Waals surface area contributed by atoms with E-state index in [0.717, 1.165) is 0 Å². The highest BCUT2D eigenvalue weighted by molar-refractivity contribution is 5.76. The van der Waals surface area contributed by atoms with Gasteiger partial charge in [0.2, 0.25) is 0 Å². The van der Waals surface area contributed by atoms with Crippen LogP contribution in [0.3, 0.4) is 0 Å². The molecule has 3 fully saturated rings. The highest BCUT2D eigenvalue weighted by Crippen LogP contribution is 2.37. The second kappa shape index (κ2) is 18.3. The topological polar surface area (TPSA) is 361 Å². The van der Waals surface area contributed by atoms with Crippen LogP contribution >= 0.6 is 0 Å². The molecular weight excluding hydrogens is 658 g/mol. The molecule has 21 nitrogen and oxygen atoms in total. The fourth-order valence-corrected chi connectivity index (χ4v) is 5.74. The number of aliphatic hydroxyl groups is 12. The van der Waals surface area contributed by atoms with Gasteiger partial charge in [-0.3, -0.25) is 0 Å². The lowest BCUT2D eigenvalue weighted by Gasteiger charge is -2.50. The summed E-state index contributed by atoms with van der Waals surface area (Å²) in [6.45, 7) is -2.74. The number of hydrogen-bond donors (Lipinski definition) is 14. The number of aliphatic carboxylic acids is 1. The molecule has 3 saturated heterocycles. The minimum atomic E-state index is -2.51. The third kappa shape index (κ3) is 9.13. The average molecular weight is 708 g/mol. The predicted octanol–water partition coefficient (Wildman–Crippen LogP) is -7.85. The third-order valence-electron chi connectivity index (χ3n) is 8.48.